The Balaban J connectivity index is 1.70. The third kappa shape index (κ3) is 4.40. The molecular formula is C22H24ClNO. The summed E-state index contributed by atoms with van der Waals surface area (Å²) in [5, 5.41) is 6.71. The predicted molar refractivity (Wildman–Crippen MR) is 106 cm³/mol. The monoisotopic (exact) mass is 353 g/mol. The third-order valence-electron chi connectivity index (χ3n) is 4.66. The molecule has 3 aromatic carbocycles. The van der Waals surface area contributed by atoms with Crippen molar-refractivity contribution < 1.29 is 4.74 Å². The number of fused-ring (bicyclic) bond motifs is 1. The summed E-state index contributed by atoms with van der Waals surface area (Å²) in [5.41, 5.74) is 2.55. The Labute approximate surface area is 154 Å². The lowest BCUT2D eigenvalue weighted by atomic mass is 9.99. The van der Waals surface area contributed by atoms with Crippen LogP contribution in [-0.4, -0.2) is 19.8 Å². The fourth-order valence-corrected chi connectivity index (χ4v) is 3.42. The van der Waals surface area contributed by atoms with Crippen LogP contribution in [0.4, 0.5) is 0 Å². The molecule has 0 spiro atoms. The predicted octanol–water partition coefficient (Wildman–Crippen LogP) is 5.40. The van der Waals surface area contributed by atoms with Gasteiger partial charge in [-0.2, -0.15) is 0 Å². The zero-order valence-corrected chi connectivity index (χ0v) is 15.5. The van der Waals surface area contributed by atoms with Crippen molar-refractivity contribution in [1.29, 1.82) is 0 Å². The molecule has 2 nitrogen and oxygen atoms in total. The van der Waals surface area contributed by atoms with Crippen molar-refractivity contribution in [1.82, 2.24) is 5.32 Å². The molecule has 3 rings (SSSR count). The van der Waals surface area contributed by atoms with Crippen LogP contribution in [0.1, 0.15) is 24.1 Å². The molecular weight excluding hydrogens is 330 g/mol. The third-order valence-corrected chi connectivity index (χ3v) is 4.99. The van der Waals surface area contributed by atoms with Crippen LogP contribution < -0.4 is 5.32 Å². The Hall–Kier alpha value is -1.87. The van der Waals surface area contributed by atoms with Gasteiger partial charge in [-0.05, 0) is 35.9 Å². The zero-order valence-electron chi connectivity index (χ0n) is 14.7. The molecule has 0 fully saturated rings. The molecule has 0 saturated heterocycles. The molecule has 0 amide bonds. The smallest absolute Gasteiger partial charge is 0.0736 e. The van der Waals surface area contributed by atoms with E-state index in [0.717, 1.165) is 23.4 Å². The SMILES string of the molecule is COC(CNC(C)c1ccc(Cl)c2ccccc12)Cc1ccccc1. The lowest BCUT2D eigenvalue weighted by Crippen LogP contribution is -2.32. The fraction of sp³-hybridized carbons (Fsp3) is 0.273. The normalized spacial score (nSPS) is 13.7. The van der Waals surface area contributed by atoms with Gasteiger partial charge >= 0.3 is 0 Å². The Morgan fingerprint density at radius 1 is 0.920 bits per heavy atom. The van der Waals surface area contributed by atoms with Crippen LogP contribution in [0.25, 0.3) is 10.8 Å². The second kappa shape index (κ2) is 8.48. The minimum Gasteiger partial charge on any atom is -0.380 e. The number of hydrogen-bond donors (Lipinski definition) is 1. The molecule has 25 heavy (non-hydrogen) atoms. The first-order valence-corrected chi connectivity index (χ1v) is 9.04. The van der Waals surface area contributed by atoms with Crippen LogP contribution in [0.3, 0.4) is 0 Å². The average molecular weight is 354 g/mol. The van der Waals surface area contributed by atoms with E-state index in [9.17, 15) is 0 Å². The average Bonchev–Trinajstić information content (AvgIpc) is 2.66. The van der Waals surface area contributed by atoms with E-state index in [1.807, 2.05) is 18.2 Å². The largest absolute Gasteiger partial charge is 0.380 e. The van der Waals surface area contributed by atoms with Crippen molar-refractivity contribution in [3.05, 3.63) is 82.9 Å². The van der Waals surface area contributed by atoms with Gasteiger partial charge in [-0.25, -0.2) is 0 Å². The van der Waals surface area contributed by atoms with E-state index < -0.39 is 0 Å². The highest BCUT2D eigenvalue weighted by molar-refractivity contribution is 6.35. The second-order valence-corrected chi connectivity index (χ2v) is 6.77. The summed E-state index contributed by atoms with van der Waals surface area (Å²) in [7, 11) is 1.78. The molecule has 2 atom stereocenters. The molecule has 0 aromatic heterocycles. The van der Waals surface area contributed by atoms with Crippen LogP contribution in [-0.2, 0) is 11.2 Å². The van der Waals surface area contributed by atoms with Gasteiger partial charge < -0.3 is 10.1 Å². The molecule has 0 heterocycles. The molecule has 0 bridgehead atoms. The van der Waals surface area contributed by atoms with Crippen molar-refractivity contribution in [2.75, 3.05) is 13.7 Å². The number of benzene rings is 3. The summed E-state index contributed by atoms with van der Waals surface area (Å²) in [5.74, 6) is 0. The molecule has 0 radical (unpaired) electrons. The first-order chi connectivity index (χ1) is 12.2. The maximum Gasteiger partial charge on any atom is 0.0736 e. The number of halogens is 1. The van der Waals surface area contributed by atoms with Crippen LogP contribution in [0.5, 0.6) is 0 Å². The van der Waals surface area contributed by atoms with E-state index in [1.165, 1.54) is 16.5 Å². The Bertz CT molecular complexity index is 819. The van der Waals surface area contributed by atoms with Crippen LogP contribution in [0.15, 0.2) is 66.7 Å². The molecule has 3 heteroatoms. The van der Waals surface area contributed by atoms with Crippen LogP contribution in [0, 0.1) is 0 Å². The van der Waals surface area contributed by atoms with E-state index >= 15 is 0 Å². The van der Waals surface area contributed by atoms with Gasteiger partial charge in [0.15, 0.2) is 0 Å². The maximum atomic E-state index is 6.33. The van der Waals surface area contributed by atoms with Crippen molar-refractivity contribution in [3.8, 4) is 0 Å². The van der Waals surface area contributed by atoms with Gasteiger partial charge in [0.2, 0.25) is 0 Å². The van der Waals surface area contributed by atoms with Gasteiger partial charge in [0, 0.05) is 30.1 Å². The van der Waals surface area contributed by atoms with Crippen molar-refractivity contribution in [2.45, 2.75) is 25.5 Å². The van der Waals surface area contributed by atoms with Gasteiger partial charge in [-0.3, -0.25) is 0 Å². The summed E-state index contributed by atoms with van der Waals surface area (Å²) in [6, 6.07) is 23.1. The first-order valence-electron chi connectivity index (χ1n) is 8.66. The Morgan fingerprint density at radius 2 is 1.60 bits per heavy atom. The van der Waals surface area contributed by atoms with Gasteiger partial charge in [-0.15, -0.1) is 0 Å². The standard InChI is InChI=1S/C22H24ClNO/c1-16(19-12-13-22(23)21-11-7-6-10-20(19)21)24-15-18(25-2)14-17-8-4-3-5-9-17/h3-13,16,18,24H,14-15H2,1-2H3. The lowest BCUT2D eigenvalue weighted by Gasteiger charge is -2.21. The molecule has 130 valence electrons. The van der Waals surface area contributed by atoms with Crippen molar-refractivity contribution >= 4 is 22.4 Å². The highest BCUT2D eigenvalue weighted by Crippen LogP contribution is 2.29. The van der Waals surface area contributed by atoms with Crippen molar-refractivity contribution in [3.63, 3.8) is 0 Å². The quantitative estimate of drug-likeness (QED) is 0.614. The Kier molecular flexibility index (Phi) is 6.09. The van der Waals surface area contributed by atoms with E-state index in [4.69, 9.17) is 16.3 Å². The molecule has 3 aromatic rings. The van der Waals surface area contributed by atoms with Crippen LogP contribution in [0.2, 0.25) is 5.02 Å². The molecule has 0 aliphatic rings. The Morgan fingerprint density at radius 3 is 2.32 bits per heavy atom. The van der Waals surface area contributed by atoms with Crippen LogP contribution >= 0.6 is 11.6 Å². The van der Waals surface area contributed by atoms with E-state index in [-0.39, 0.29) is 12.1 Å². The maximum absolute atomic E-state index is 6.33. The van der Waals surface area contributed by atoms with Gasteiger partial charge in [0.25, 0.3) is 0 Å². The van der Waals surface area contributed by atoms with Gasteiger partial charge in [0.05, 0.1) is 6.10 Å². The highest BCUT2D eigenvalue weighted by atomic mass is 35.5. The topological polar surface area (TPSA) is 21.3 Å². The van der Waals surface area contributed by atoms with Gasteiger partial charge in [0.1, 0.15) is 0 Å². The van der Waals surface area contributed by atoms with Crippen molar-refractivity contribution in [2.24, 2.45) is 0 Å². The lowest BCUT2D eigenvalue weighted by molar-refractivity contribution is 0.0997. The molecule has 0 saturated carbocycles. The number of nitrogens with one attached hydrogen (secondary N) is 1. The van der Waals surface area contributed by atoms with Gasteiger partial charge in [-0.1, -0.05) is 72.3 Å². The molecule has 2 unspecified atom stereocenters. The minimum absolute atomic E-state index is 0.142. The molecule has 0 aliphatic heterocycles. The molecule has 1 N–H and O–H groups in total. The number of ether oxygens (including phenoxy) is 1. The summed E-state index contributed by atoms with van der Waals surface area (Å²) in [6.45, 7) is 2.98. The summed E-state index contributed by atoms with van der Waals surface area (Å²) in [4.78, 5) is 0. The number of hydrogen-bond acceptors (Lipinski definition) is 2. The van der Waals surface area contributed by atoms with E-state index in [0.29, 0.717) is 0 Å². The number of rotatable bonds is 7. The zero-order chi connectivity index (χ0) is 17.6. The first kappa shape index (κ1) is 17.9. The second-order valence-electron chi connectivity index (χ2n) is 6.36. The summed E-state index contributed by atoms with van der Waals surface area (Å²) >= 11 is 6.33. The minimum atomic E-state index is 0.142. The summed E-state index contributed by atoms with van der Waals surface area (Å²) < 4.78 is 5.66. The van der Waals surface area contributed by atoms with E-state index in [1.54, 1.807) is 7.11 Å². The fourth-order valence-electron chi connectivity index (χ4n) is 3.20. The highest BCUT2D eigenvalue weighted by Gasteiger charge is 2.14. The van der Waals surface area contributed by atoms with E-state index in [2.05, 4.69) is 60.8 Å². The summed E-state index contributed by atoms with van der Waals surface area (Å²) in [6.07, 6.45) is 1.04. The number of methoxy groups -OCH3 is 1. The molecule has 0 aliphatic carbocycles.